The van der Waals surface area contributed by atoms with Crippen molar-refractivity contribution in [2.75, 3.05) is 11.9 Å². The molecule has 0 radical (unpaired) electrons. The number of anilines is 1. The molecule has 0 saturated heterocycles. The van der Waals surface area contributed by atoms with Gasteiger partial charge in [-0.15, -0.1) is 0 Å². The Morgan fingerprint density at radius 1 is 1.00 bits per heavy atom. The van der Waals surface area contributed by atoms with E-state index >= 15 is 0 Å². The van der Waals surface area contributed by atoms with Crippen molar-refractivity contribution in [3.8, 4) is 28.3 Å². The van der Waals surface area contributed by atoms with Gasteiger partial charge in [0.2, 0.25) is 0 Å². The molecular weight excluding hydrogens is 379 g/mol. The zero-order chi connectivity index (χ0) is 21.1. The van der Waals surface area contributed by atoms with Crippen LogP contribution >= 0.6 is 0 Å². The number of nitrogens with two attached hydrogens (primary N) is 1. The Bertz CT molecular complexity index is 1190. The van der Waals surface area contributed by atoms with Crippen LogP contribution in [0.5, 0.6) is 5.75 Å². The second-order valence-electron chi connectivity index (χ2n) is 7.20. The largest absolute Gasteiger partial charge is 0.507 e. The first-order chi connectivity index (χ1) is 14.5. The highest BCUT2D eigenvalue weighted by Crippen LogP contribution is 2.34. The van der Waals surface area contributed by atoms with Gasteiger partial charge in [-0.2, -0.15) is 0 Å². The normalized spacial score (nSPS) is 12.1. The quantitative estimate of drug-likeness (QED) is 0.425. The third-order valence-electron chi connectivity index (χ3n) is 5.05. The molecule has 0 amide bonds. The molecule has 0 spiro atoms. The Kier molecular flexibility index (Phi) is 5.59. The maximum atomic E-state index is 13.7. The summed E-state index contributed by atoms with van der Waals surface area (Å²) in [6, 6.07) is 19.1. The van der Waals surface area contributed by atoms with Crippen molar-refractivity contribution in [1.82, 2.24) is 9.97 Å². The standard InChI is InChI=1S/C24H23FN4O/c1-2-18(26)14-27-23-19-8-3-4-9-21(19)28-24(29-23)20-13-16(10-11-22(20)30)15-6-5-7-17(25)12-15/h3-13,18,30H,2,14,26H2,1H3,(H,27,28,29)/t18-/m1/s1. The topological polar surface area (TPSA) is 84.1 Å². The summed E-state index contributed by atoms with van der Waals surface area (Å²) in [5, 5.41) is 14.7. The van der Waals surface area contributed by atoms with Gasteiger partial charge < -0.3 is 16.2 Å². The summed E-state index contributed by atoms with van der Waals surface area (Å²) < 4.78 is 13.7. The molecule has 1 atom stereocenters. The highest BCUT2D eigenvalue weighted by molar-refractivity contribution is 5.91. The fourth-order valence-corrected chi connectivity index (χ4v) is 3.27. The first kappa shape index (κ1) is 19.8. The van der Waals surface area contributed by atoms with Crippen LogP contribution in [0.25, 0.3) is 33.4 Å². The van der Waals surface area contributed by atoms with Crippen molar-refractivity contribution in [2.24, 2.45) is 5.73 Å². The Morgan fingerprint density at radius 2 is 1.80 bits per heavy atom. The summed E-state index contributed by atoms with van der Waals surface area (Å²) in [6.07, 6.45) is 0.847. The van der Waals surface area contributed by atoms with Gasteiger partial charge in [-0.25, -0.2) is 14.4 Å². The molecule has 6 heteroatoms. The minimum atomic E-state index is -0.317. The molecular formula is C24H23FN4O. The van der Waals surface area contributed by atoms with E-state index in [1.165, 1.54) is 12.1 Å². The van der Waals surface area contributed by atoms with Crippen LogP contribution in [-0.2, 0) is 0 Å². The molecule has 5 nitrogen and oxygen atoms in total. The van der Waals surface area contributed by atoms with Crippen LogP contribution in [0.3, 0.4) is 0 Å². The Labute approximate surface area is 174 Å². The highest BCUT2D eigenvalue weighted by Gasteiger charge is 2.14. The second kappa shape index (κ2) is 8.47. The number of phenols is 1. The fourth-order valence-electron chi connectivity index (χ4n) is 3.27. The predicted octanol–water partition coefficient (Wildman–Crippen LogP) is 4.96. The minimum Gasteiger partial charge on any atom is -0.507 e. The van der Waals surface area contributed by atoms with E-state index in [-0.39, 0.29) is 17.6 Å². The van der Waals surface area contributed by atoms with Crippen molar-refractivity contribution in [2.45, 2.75) is 19.4 Å². The maximum absolute atomic E-state index is 13.7. The predicted molar refractivity (Wildman–Crippen MR) is 119 cm³/mol. The van der Waals surface area contributed by atoms with Crippen molar-refractivity contribution < 1.29 is 9.50 Å². The van der Waals surface area contributed by atoms with Gasteiger partial charge in [-0.1, -0.05) is 37.3 Å². The highest BCUT2D eigenvalue weighted by atomic mass is 19.1. The van der Waals surface area contributed by atoms with Crippen molar-refractivity contribution >= 4 is 16.7 Å². The van der Waals surface area contributed by atoms with E-state index in [2.05, 4.69) is 15.3 Å². The van der Waals surface area contributed by atoms with E-state index in [4.69, 9.17) is 5.73 Å². The zero-order valence-corrected chi connectivity index (χ0v) is 16.6. The molecule has 0 aliphatic rings. The number of fused-ring (bicyclic) bond motifs is 1. The zero-order valence-electron chi connectivity index (χ0n) is 16.6. The number of rotatable bonds is 6. The van der Waals surface area contributed by atoms with Crippen molar-refractivity contribution in [1.29, 1.82) is 0 Å². The van der Waals surface area contributed by atoms with Gasteiger partial charge in [-0.05, 0) is 53.9 Å². The lowest BCUT2D eigenvalue weighted by atomic mass is 10.0. The summed E-state index contributed by atoms with van der Waals surface area (Å²) in [7, 11) is 0. The van der Waals surface area contributed by atoms with E-state index in [0.717, 1.165) is 22.9 Å². The van der Waals surface area contributed by atoms with Crippen LogP contribution in [0.1, 0.15) is 13.3 Å². The molecule has 0 unspecified atom stereocenters. The van der Waals surface area contributed by atoms with Crippen LogP contribution in [-0.4, -0.2) is 27.7 Å². The van der Waals surface area contributed by atoms with Crippen molar-refractivity contribution in [3.63, 3.8) is 0 Å². The number of nitrogens with zero attached hydrogens (tertiary/aromatic N) is 2. The Morgan fingerprint density at radius 3 is 2.60 bits per heavy atom. The third-order valence-corrected chi connectivity index (χ3v) is 5.05. The second-order valence-corrected chi connectivity index (χ2v) is 7.20. The van der Waals surface area contributed by atoms with E-state index < -0.39 is 0 Å². The third kappa shape index (κ3) is 4.09. The Hall–Kier alpha value is -3.51. The van der Waals surface area contributed by atoms with Gasteiger partial charge in [0.25, 0.3) is 0 Å². The van der Waals surface area contributed by atoms with Crippen molar-refractivity contribution in [3.05, 3.63) is 72.5 Å². The first-order valence-electron chi connectivity index (χ1n) is 9.90. The van der Waals surface area contributed by atoms with Crippen LogP contribution in [0.15, 0.2) is 66.7 Å². The summed E-state index contributed by atoms with van der Waals surface area (Å²) >= 11 is 0. The lowest BCUT2D eigenvalue weighted by Gasteiger charge is -2.14. The van der Waals surface area contributed by atoms with Crippen LogP contribution in [0.2, 0.25) is 0 Å². The van der Waals surface area contributed by atoms with Crippen LogP contribution < -0.4 is 11.1 Å². The number of aromatic nitrogens is 2. The van der Waals surface area contributed by atoms with E-state index in [1.54, 1.807) is 24.3 Å². The van der Waals surface area contributed by atoms with Crippen LogP contribution in [0.4, 0.5) is 10.2 Å². The van der Waals surface area contributed by atoms with E-state index in [9.17, 15) is 9.50 Å². The van der Waals surface area contributed by atoms with Gasteiger partial charge >= 0.3 is 0 Å². The SMILES string of the molecule is CC[C@@H](N)CNc1nc(-c2cc(-c3cccc(F)c3)ccc2O)nc2ccccc12. The number of hydrogen-bond acceptors (Lipinski definition) is 5. The molecule has 0 fully saturated rings. The Balaban J connectivity index is 1.82. The maximum Gasteiger partial charge on any atom is 0.165 e. The van der Waals surface area contributed by atoms with E-state index in [1.807, 2.05) is 37.3 Å². The molecule has 1 aromatic heterocycles. The summed E-state index contributed by atoms with van der Waals surface area (Å²) in [5.74, 6) is 0.788. The number of aromatic hydroxyl groups is 1. The number of hydrogen-bond donors (Lipinski definition) is 3. The lowest BCUT2D eigenvalue weighted by molar-refractivity contribution is 0.477. The monoisotopic (exact) mass is 402 g/mol. The minimum absolute atomic E-state index is 0.00638. The summed E-state index contributed by atoms with van der Waals surface area (Å²) in [5.41, 5.74) is 8.77. The molecule has 1 heterocycles. The summed E-state index contributed by atoms with van der Waals surface area (Å²) in [4.78, 5) is 9.33. The lowest BCUT2D eigenvalue weighted by Crippen LogP contribution is -2.28. The van der Waals surface area contributed by atoms with Gasteiger partial charge in [0.15, 0.2) is 5.82 Å². The van der Waals surface area contributed by atoms with Gasteiger partial charge in [0.1, 0.15) is 17.4 Å². The van der Waals surface area contributed by atoms with Crippen LogP contribution in [0, 0.1) is 5.82 Å². The average Bonchev–Trinajstić information content (AvgIpc) is 2.77. The molecule has 4 N–H and O–H groups in total. The van der Waals surface area contributed by atoms with Gasteiger partial charge in [-0.3, -0.25) is 0 Å². The number of phenolic OH excluding ortho intramolecular Hbond substituents is 1. The number of para-hydroxylation sites is 1. The number of nitrogens with one attached hydrogen (secondary N) is 1. The fraction of sp³-hybridized carbons (Fsp3) is 0.167. The molecule has 0 aliphatic heterocycles. The molecule has 0 aliphatic carbocycles. The molecule has 0 bridgehead atoms. The van der Waals surface area contributed by atoms with Gasteiger partial charge in [0, 0.05) is 18.0 Å². The molecule has 3 aromatic carbocycles. The molecule has 4 aromatic rings. The van der Waals surface area contributed by atoms with Gasteiger partial charge in [0.05, 0.1) is 11.1 Å². The number of benzene rings is 3. The molecule has 0 saturated carbocycles. The molecule has 152 valence electrons. The molecule has 4 rings (SSSR count). The average molecular weight is 402 g/mol. The summed E-state index contributed by atoms with van der Waals surface area (Å²) in [6.45, 7) is 2.61. The first-order valence-corrected chi connectivity index (χ1v) is 9.90. The van der Waals surface area contributed by atoms with E-state index in [0.29, 0.717) is 29.3 Å². The number of halogens is 1. The molecule has 30 heavy (non-hydrogen) atoms. The smallest absolute Gasteiger partial charge is 0.165 e.